The summed E-state index contributed by atoms with van der Waals surface area (Å²) in [6.45, 7) is 6.77. The van der Waals surface area contributed by atoms with Gasteiger partial charge in [0, 0.05) is 26.7 Å². The quantitative estimate of drug-likeness (QED) is 0.349. The summed E-state index contributed by atoms with van der Waals surface area (Å²) in [4.78, 5) is 17.8. The number of guanidine groups is 1. The van der Waals surface area contributed by atoms with Crippen molar-refractivity contribution >= 4 is 35.9 Å². The number of carbonyl (C=O) groups excluding carboxylic acids is 1. The number of hydrogen-bond donors (Lipinski definition) is 1. The summed E-state index contributed by atoms with van der Waals surface area (Å²) < 4.78 is 4.71. The van der Waals surface area contributed by atoms with Gasteiger partial charge in [-0.15, -0.1) is 24.0 Å². The van der Waals surface area contributed by atoms with E-state index in [9.17, 15) is 4.79 Å². The van der Waals surface area contributed by atoms with Crippen LogP contribution in [-0.2, 0) is 9.53 Å². The summed E-state index contributed by atoms with van der Waals surface area (Å²) in [6.07, 6.45) is 2.40. The molecule has 5 nitrogen and oxygen atoms in total. The maximum absolute atomic E-state index is 11.3. The Balaban J connectivity index is 0.00000324. The predicted molar refractivity (Wildman–Crippen MR) is 87.9 cm³/mol. The predicted octanol–water partition coefficient (Wildman–Crippen LogP) is 1.72. The Morgan fingerprint density at radius 3 is 2.53 bits per heavy atom. The van der Waals surface area contributed by atoms with Crippen LogP contribution in [0.3, 0.4) is 0 Å². The minimum Gasteiger partial charge on any atom is -0.469 e. The topological polar surface area (TPSA) is 53.9 Å². The average molecular weight is 383 g/mol. The van der Waals surface area contributed by atoms with E-state index in [1.165, 1.54) is 20.0 Å². The number of methoxy groups -OCH3 is 1. The van der Waals surface area contributed by atoms with Crippen LogP contribution in [0, 0.1) is 11.8 Å². The molecule has 1 saturated heterocycles. The van der Waals surface area contributed by atoms with Crippen LogP contribution in [0.5, 0.6) is 0 Å². The molecule has 0 bridgehead atoms. The van der Waals surface area contributed by atoms with Gasteiger partial charge >= 0.3 is 5.97 Å². The molecule has 1 unspecified atom stereocenters. The van der Waals surface area contributed by atoms with Gasteiger partial charge in [-0.25, -0.2) is 0 Å². The summed E-state index contributed by atoms with van der Waals surface area (Å²) in [5, 5.41) is 3.24. The molecule has 19 heavy (non-hydrogen) atoms. The molecule has 1 N–H and O–H groups in total. The van der Waals surface area contributed by atoms with Gasteiger partial charge in [0.25, 0.3) is 0 Å². The van der Waals surface area contributed by atoms with Gasteiger partial charge in [0.15, 0.2) is 5.96 Å². The number of likely N-dealkylation sites (tertiary alicyclic amines) is 1. The second-order valence-electron chi connectivity index (χ2n) is 5.02. The molecule has 0 spiro atoms. The minimum absolute atomic E-state index is 0. The molecule has 1 heterocycles. The summed E-state index contributed by atoms with van der Waals surface area (Å²) in [5.74, 6) is 1.34. The zero-order valence-corrected chi connectivity index (χ0v) is 14.6. The first-order valence-electron chi connectivity index (χ1n) is 6.62. The number of aliphatic imine (C=N–C) groups is 1. The molecule has 0 aromatic carbocycles. The van der Waals surface area contributed by atoms with Crippen LogP contribution in [0.1, 0.15) is 26.7 Å². The molecular formula is C13H26IN3O2. The lowest BCUT2D eigenvalue weighted by Gasteiger charge is -2.33. The molecule has 0 saturated carbocycles. The van der Waals surface area contributed by atoms with Crippen LogP contribution in [0.2, 0.25) is 0 Å². The fourth-order valence-corrected chi connectivity index (χ4v) is 2.08. The number of nitrogens with zero attached hydrogens (tertiary/aromatic N) is 2. The molecule has 1 atom stereocenters. The van der Waals surface area contributed by atoms with Gasteiger partial charge in [-0.05, 0) is 18.8 Å². The average Bonchev–Trinajstić information content (AvgIpc) is 2.40. The van der Waals surface area contributed by atoms with Gasteiger partial charge in [0.1, 0.15) is 0 Å². The van der Waals surface area contributed by atoms with E-state index in [-0.39, 0.29) is 35.9 Å². The Hall–Kier alpha value is -0.530. The van der Waals surface area contributed by atoms with E-state index in [4.69, 9.17) is 4.74 Å². The van der Waals surface area contributed by atoms with E-state index < -0.39 is 0 Å². The third-order valence-electron chi connectivity index (χ3n) is 3.46. The first kappa shape index (κ1) is 18.5. The molecule has 1 rings (SSSR count). The van der Waals surface area contributed by atoms with Crippen molar-refractivity contribution in [3.63, 3.8) is 0 Å². The Morgan fingerprint density at radius 2 is 2.05 bits per heavy atom. The van der Waals surface area contributed by atoms with Crippen LogP contribution < -0.4 is 5.32 Å². The zero-order chi connectivity index (χ0) is 13.5. The van der Waals surface area contributed by atoms with Crippen LogP contribution >= 0.6 is 24.0 Å². The van der Waals surface area contributed by atoms with Gasteiger partial charge in [0.05, 0.1) is 13.0 Å². The molecule has 0 radical (unpaired) electrons. The first-order chi connectivity index (χ1) is 8.58. The number of carbonyl (C=O) groups is 1. The number of rotatable bonds is 3. The fourth-order valence-electron chi connectivity index (χ4n) is 2.08. The molecule has 112 valence electrons. The highest BCUT2D eigenvalue weighted by Gasteiger charge is 2.20. The van der Waals surface area contributed by atoms with Crippen molar-refractivity contribution in [1.29, 1.82) is 0 Å². The maximum Gasteiger partial charge on any atom is 0.310 e. The Bertz CT molecular complexity index is 302. The van der Waals surface area contributed by atoms with Crippen molar-refractivity contribution in [3.8, 4) is 0 Å². The van der Waals surface area contributed by atoms with Crippen molar-refractivity contribution in [1.82, 2.24) is 10.2 Å². The van der Waals surface area contributed by atoms with Crippen LogP contribution in [0.15, 0.2) is 4.99 Å². The molecule has 0 aliphatic carbocycles. The van der Waals surface area contributed by atoms with Crippen molar-refractivity contribution in [3.05, 3.63) is 0 Å². The summed E-state index contributed by atoms with van der Waals surface area (Å²) in [7, 11) is 3.20. The van der Waals surface area contributed by atoms with Gasteiger partial charge in [-0.3, -0.25) is 9.79 Å². The number of esters is 1. The van der Waals surface area contributed by atoms with E-state index >= 15 is 0 Å². The monoisotopic (exact) mass is 383 g/mol. The number of halogens is 1. The van der Waals surface area contributed by atoms with Crippen LogP contribution in [0.4, 0.5) is 0 Å². The van der Waals surface area contributed by atoms with Crippen LogP contribution in [0.25, 0.3) is 0 Å². The van der Waals surface area contributed by atoms with Crippen molar-refractivity contribution in [2.24, 2.45) is 16.8 Å². The lowest BCUT2D eigenvalue weighted by molar-refractivity contribution is -0.144. The highest BCUT2D eigenvalue weighted by Crippen LogP contribution is 2.15. The molecule has 0 amide bonds. The molecule has 1 aliphatic rings. The summed E-state index contributed by atoms with van der Waals surface area (Å²) >= 11 is 0. The van der Waals surface area contributed by atoms with E-state index in [1.54, 1.807) is 7.05 Å². The van der Waals surface area contributed by atoms with E-state index in [0.717, 1.165) is 25.0 Å². The number of ether oxygens (including phenoxy) is 1. The van der Waals surface area contributed by atoms with Crippen molar-refractivity contribution in [2.75, 3.05) is 33.8 Å². The molecule has 0 aromatic rings. The highest BCUT2D eigenvalue weighted by molar-refractivity contribution is 14.0. The van der Waals surface area contributed by atoms with Crippen LogP contribution in [-0.4, -0.2) is 50.6 Å². The Kier molecular flexibility index (Phi) is 9.12. The Labute approximate surface area is 133 Å². The minimum atomic E-state index is -0.190. The molecule has 6 heteroatoms. The van der Waals surface area contributed by atoms with E-state index in [2.05, 4.69) is 22.1 Å². The second-order valence-corrected chi connectivity index (χ2v) is 5.02. The third-order valence-corrected chi connectivity index (χ3v) is 3.46. The second kappa shape index (κ2) is 9.39. The maximum atomic E-state index is 11.3. The van der Waals surface area contributed by atoms with Crippen molar-refractivity contribution in [2.45, 2.75) is 26.7 Å². The number of piperidine rings is 1. The first-order valence-corrected chi connectivity index (χ1v) is 6.62. The number of hydrogen-bond acceptors (Lipinski definition) is 3. The lowest BCUT2D eigenvalue weighted by atomic mass is 9.99. The molecule has 0 aromatic heterocycles. The van der Waals surface area contributed by atoms with Gasteiger partial charge in [-0.1, -0.05) is 13.8 Å². The molecule has 1 aliphatic heterocycles. The highest BCUT2D eigenvalue weighted by atomic mass is 127. The normalized spacial score (nSPS) is 18.5. The SMILES string of the molecule is CN=C(NCC(C)C(=O)OC)N1CCC(C)CC1.I. The van der Waals surface area contributed by atoms with Gasteiger partial charge in [-0.2, -0.15) is 0 Å². The fraction of sp³-hybridized carbons (Fsp3) is 0.846. The van der Waals surface area contributed by atoms with E-state index in [1.807, 2.05) is 6.92 Å². The van der Waals surface area contributed by atoms with Gasteiger partial charge < -0.3 is 15.0 Å². The molecule has 1 fully saturated rings. The molecular weight excluding hydrogens is 357 g/mol. The standard InChI is InChI=1S/C13H25N3O2.HI/c1-10-5-7-16(8-6-10)13(14-3)15-9-11(2)12(17)18-4;/h10-11H,5-9H2,1-4H3,(H,14,15);1H. The number of nitrogens with one attached hydrogen (secondary N) is 1. The van der Waals surface area contributed by atoms with Crippen molar-refractivity contribution < 1.29 is 9.53 Å². The van der Waals surface area contributed by atoms with E-state index in [0.29, 0.717) is 6.54 Å². The smallest absolute Gasteiger partial charge is 0.310 e. The Morgan fingerprint density at radius 1 is 1.47 bits per heavy atom. The van der Waals surface area contributed by atoms with Gasteiger partial charge in [0.2, 0.25) is 0 Å². The zero-order valence-electron chi connectivity index (χ0n) is 12.3. The summed E-state index contributed by atoms with van der Waals surface area (Å²) in [6, 6.07) is 0. The third kappa shape index (κ3) is 5.97. The lowest BCUT2D eigenvalue weighted by Crippen LogP contribution is -2.47. The largest absolute Gasteiger partial charge is 0.469 e. The summed E-state index contributed by atoms with van der Waals surface area (Å²) in [5.41, 5.74) is 0.